The molecular weight excluding hydrogens is 332 g/mol. The Hall–Kier alpha value is -2.11. The van der Waals surface area contributed by atoms with Crippen molar-refractivity contribution >= 4 is 20.4 Å². The van der Waals surface area contributed by atoms with Crippen molar-refractivity contribution in [3.05, 3.63) is 66.2 Å². The van der Waals surface area contributed by atoms with E-state index in [2.05, 4.69) is 33.9 Å². The molecule has 25 heavy (non-hydrogen) atoms. The smallest absolute Gasteiger partial charge is 0.333 e. The van der Waals surface area contributed by atoms with Crippen LogP contribution in [0.4, 0.5) is 0 Å². The van der Waals surface area contributed by atoms with Crippen LogP contribution >= 0.6 is 0 Å². The summed E-state index contributed by atoms with van der Waals surface area (Å²) in [7, 11) is -2.02. The average molecular weight is 359 g/mol. The molecule has 5 heteroatoms. The molecule has 0 saturated heterocycles. The maximum absolute atomic E-state index is 11.6. The average Bonchev–Trinajstić information content (AvgIpc) is 3.11. The van der Waals surface area contributed by atoms with Crippen molar-refractivity contribution in [2.75, 3.05) is 0 Å². The Labute approximate surface area is 150 Å². The van der Waals surface area contributed by atoms with Gasteiger partial charge >= 0.3 is 5.97 Å². The maximum Gasteiger partial charge on any atom is 0.333 e. The molecule has 1 aromatic rings. The molecule has 1 aromatic heterocycles. The van der Waals surface area contributed by atoms with E-state index < -0.39 is 14.6 Å². The first-order valence-corrected chi connectivity index (χ1v) is 11.2. The molecule has 2 heterocycles. The largest absolute Gasteiger partial charge is 0.465 e. The second-order valence-electron chi connectivity index (χ2n) is 7.41. The van der Waals surface area contributed by atoms with Crippen LogP contribution < -0.4 is 0 Å². The zero-order valence-electron chi connectivity index (χ0n) is 15.5. The first-order chi connectivity index (χ1) is 11.7. The van der Waals surface area contributed by atoms with Gasteiger partial charge in [0.2, 0.25) is 6.29 Å². The number of hydrogen-bond acceptors (Lipinski definition) is 4. The minimum absolute atomic E-state index is 0.0490. The van der Waals surface area contributed by atoms with Gasteiger partial charge in [0.1, 0.15) is 5.76 Å². The van der Waals surface area contributed by atoms with Crippen molar-refractivity contribution in [2.24, 2.45) is 0 Å². The van der Waals surface area contributed by atoms with Gasteiger partial charge in [0, 0.05) is 11.6 Å². The third kappa shape index (κ3) is 5.44. The second kappa shape index (κ2) is 7.85. The van der Waals surface area contributed by atoms with Crippen molar-refractivity contribution in [1.29, 1.82) is 0 Å². The fourth-order valence-electron chi connectivity index (χ4n) is 1.91. The lowest BCUT2D eigenvalue weighted by molar-refractivity contribution is -0.149. The number of hydrogen-bond donors (Lipinski definition) is 0. The van der Waals surface area contributed by atoms with E-state index in [0.717, 1.165) is 11.3 Å². The Kier molecular flexibility index (Phi) is 6.03. The van der Waals surface area contributed by atoms with Crippen LogP contribution in [-0.2, 0) is 14.0 Å². The van der Waals surface area contributed by atoms with E-state index in [-0.39, 0.29) is 11.0 Å². The van der Waals surface area contributed by atoms with Crippen LogP contribution in [0.25, 0.3) is 6.08 Å². The minimum Gasteiger partial charge on any atom is -0.465 e. The number of carbonyl (C=O) groups is 1. The van der Waals surface area contributed by atoms with E-state index in [4.69, 9.17) is 13.6 Å². The summed E-state index contributed by atoms with van der Waals surface area (Å²) in [5.41, 5.74) is 0.745. The highest BCUT2D eigenvalue weighted by Gasteiger charge is 2.41. The van der Waals surface area contributed by atoms with Crippen LogP contribution in [0.2, 0.25) is 18.1 Å². The van der Waals surface area contributed by atoms with Crippen LogP contribution in [0.5, 0.6) is 0 Å². The number of carbonyl (C=O) groups excluding carboxylic acids is 1. The van der Waals surface area contributed by atoms with Crippen LogP contribution in [-0.4, -0.2) is 20.6 Å². The highest BCUT2D eigenvalue weighted by molar-refractivity contribution is 6.74. The summed E-state index contributed by atoms with van der Waals surface area (Å²) in [6, 6.07) is 3.73. The van der Waals surface area contributed by atoms with Gasteiger partial charge in [-0.25, -0.2) is 4.79 Å². The molecule has 0 radical (unpaired) electrons. The molecule has 0 spiro atoms. The van der Waals surface area contributed by atoms with Crippen molar-refractivity contribution in [1.82, 2.24) is 0 Å². The van der Waals surface area contributed by atoms with Crippen LogP contribution in [0.1, 0.15) is 26.5 Å². The molecule has 1 atom stereocenters. The van der Waals surface area contributed by atoms with E-state index in [1.54, 1.807) is 6.26 Å². The van der Waals surface area contributed by atoms with Gasteiger partial charge in [-0.3, -0.25) is 0 Å². The normalized spacial score (nSPS) is 19.3. The molecule has 0 saturated carbocycles. The summed E-state index contributed by atoms with van der Waals surface area (Å²) < 4.78 is 16.7. The molecule has 0 amide bonds. The fourth-order valence-corrected chi connectivity index (χ4v) is 2.98. The highest BCUT2D eigenvalue weighted by atomic mass is 28.4. The number of esters is 1. The molecule has 0 bridgehead atoms. The molecule has 134 valence electrons. The van der Waals surface area contributed by atoms with Gasteiger partial charge in [-0.1, -0.05) is 51.2 Å². The minimum atomic E-state index is -2.02. The Balaban J connectivity index is 1.97. The van der Waals surface area contributed by atoms with Crippen molar-refractivity contribution in [3.8, 4) is 0 Å². The number of cyclic esters (lactones) is 1. The fraction of sp³-hybridized carbons (Fsp3) is 0.350. The second-order valence-corrected chi connectivity index (χ2v) is 12.2. The summed E-state index contributed by atoms with van der Waals surface area (Å²) in [4.78, 5) is 11.6. The lowest BCUT2D eigenvalue weighted by Crippen LogP contribution is -2.44. The van der Waals surface area contributed by atoms with Gasteiger partial charge in [-0.2, -0.15) is 0 Å². The van der Waals surface area contributed by atoms with Crippen LogP contribution in [0.15, 0.2) is 64.8 Å². The summed E-state index contributed by atoms with van der Waals surface area (Å²) in [5.74, 6) is 0.444. The Bertz CT molecular complexity index is 701. The summed E-state index contributed by atoms with van der Waals surface area (Å²) in [6.45, 7) is 10.7. The maximum atomic E-state index is 11.6. The summed E-state index contributed by atoms with van der Waals surface area (Å²) in [6.07, 6.45) is 13.7. The van der Waals surface area contributed by atoms with E-state index >= 15 is 0 Å². The zero-order chi connectivity index (χ0) is 18.5. The molecule has 2 rings (SSSR count). The lowest BCUT2D eigenvalue weighted by atomic mass is 10.2. The van der Waals surface area contributed by atoms with E-state index in [1.807, 2.05) is 48.6 Å². The Morgan fingerprint density at radius 3 is 2.40 bits per heavy atom. The van der Waals surface area contributed by atoms with Gasteiger partial charge in [0.15, 0.2) is 8.32 Å². The molecule has 0 aromatic carbocycles. The Morgan fingerprint density at radius 2 is 1.80 bits per heavy atom. The monoisotopic (exact) mass is 358 g/mol. The quantitative estimate of drug-likeness (QED) is 0.396. The predicted octanol–water partition coefficient (Wildman–Crippen LogP) is 5.24. The predicted molar refractivity (Wildman–Crippen MR) is 102 cm³/mol. The third-order valence-electron chi connectivity index (χ3n) is 4.41. The van der Waals surface area contributed by atoms with Gasteiger partial charge < -0.3 is 13.6 Å². The summed E-state index contributed by atoms with van der Waals surface area (Å²) >= 11 is 0. The first kappa shape index (κ1) is 19.2. The topological polar surface area (TPSA) is 48.7 Å². The van der Waals surface area contributed by atoms with Gasteiger partial charge in [0.05, 0.1) is 6.26 Å². The van der Waals surface area contributed by atoms with Crippen molar-refractivity contribution < 1.29 is 18.4 Å². The van der Waals surface area contributed by atoms with Crippen molar-refractivity contribution in [2.45, 2.75) is 45.2 Å². The molecule has 0 N–H and O–H groups in total. The lowest BCUT2D eigenvalue weighted by Gasteiger charge is -2.38. The van der Waals surface area contributed by atoms with E-state index in [9.17, 15) is 4.79 Å². The Morgan fingerprint density at radius 1 is 1.12 bits per heavy atom. The highest BCUT2D eigenvalue weighted by Crippen LogP contribution is 2.39. The first-order valence-electron chi connectivity index (χ1n) is 8.34. The number of furan rings is 1. The SMILES string of the molecule is CC(C)(C)[Si](C)(C)OC1OC(=O)C=C1/C=C/C=C/C=C/c1ccco1. The zero-order valence-corrected chi connectivity index (χ0v) is 16.5. The van der Waals surface area contributed by atoms with Gasteiger partial charge in [0.25, 0.3) is 0 Å². The van der Waals surface area contributed by atoms with Crippen molar-refractivity contribution in [3.63, 3.8) is 0 Å². The van der Waals surface area contributed by atoms with E-state index in [1.165, 1.54) is 6.08 Å². The molecule has 1 unspecified atom stereocenters. The number of ether oxygens (including phenoxy) is 1. The molecule has 0 aliphatic carbocycles. The van der Waals surface area contributed by atoms with Gasteiger partial charge in [-0.05, 0) is 36.3 Å². The molecular formula is C20H26O4Si. The molecule has 0 fully saturated rings. The number of allylic oxidation sites excluding steroid dienone is 4. The van der Waals surface area contributed by atoms with Crippen LogP contribution in [0.3, 0.4) is 0 Å². The van der Waals surface area contributed by atoms with Gasteiger partial charge in [-0.15, -0.1) is 0 Å². The summed E-state index contributed by atoms with van der Waals surface area (Å²) in [5, 5.41) is 0.0490. The van der Waals surface area contributed by atoms with Crippen LogP contribution in [0, 0.1) is 0 Å². The third-order valence-corrected chi connectivity index (χ3v) is 8.83. The molecule has 4 nitrogen and oxygen atoms in total. The molecule has 1 aliphatic rings. The van der Waals surface area contributed by atoms with E-state index in [0.29, 0.717) is 0 Å². The number of rotatable bonds is 6. The molecule has 1 aliphatic heterocycles. The standard InChI is InChI=1S/C20H26O4Si/c1-20(2,3)25(4,5)24-19-16(15-18(21)23-19)11-8-6-7-9-12-17-13-10-14-22-17/h6-15,19H,1-5H3/b7-6+,11-8+,12-9+.